The Balaban J connectivity index is 1.86. The van der Waals surface area contributed by atoms with E-state index in [9.17, 15) is 0 Å². The molecule has 80 valence electrons. The minimum absolute atomic E-state index is 0.585. The summed E-state index contributed by atoms with van der Waals surface area (Å²) >= 11 is 1.36. The summed E-state index contributed by atoms with van der Waals surface area (Å²) in [5, 5.41) is 7.93. The summed E-state index contributed by atoms with van der Waals surface area (Å²) in [6.07, 6.45) is 2.04. The molecule has 0 atom stereocenters. The Labute approximate surface area is 90.7 Å². The molecule has 0 aliphatic rings. The normalized spacial score (nSPS) is 10.5. The second-order valence-corrected chi connectivity index (χ2v) is 3.82. The van der Waals surface area contributed by atoms with Gasteiger partial charge in [-0.15, -0.1) is 0 Å². The van der Waals surface area contributed by atoms with Crippen molar-refractivity contribution in [3.8, 4) is 0 Å². The number of nitrogens with two attached hydrogens (primary N) is 1. The summed E-state index contributed by atoms with van der Waals surface area (Å²) in [4.78, 5) is 3.92. The van der Waals surface area contributed by atoms with E-state index >= 15 is 0 Å². The molecule has 0 radical (unpaired) electrons. The predicted molar refractivity (Wildman–Crippen MR) is 57.8 cm³/mol. The lowest BCUT2D eigenvalue weighted by Crippen LogP contribution is -2.05. The molecule has 2 heterocycles. The van der Waals surface area contributed by atoms with Crippen LogP contribution in [0.25, 0.3) is 0 Å². The van der Waals surface area contributed by atoms with Gasteiger partial charge in [0.15, 0.2) is 5.82 Å². The van der Waals surface area contributed by atoms with E-state index in [4.69, 9.17) is 5.73 Å². The first-order valence-corrected chi connectivity index (χ1v) is 5.25. The lowest BCUT2D eigenvalue weighted by molar-refractivity contribution is 0.410. The topological polar surface area (TPSA) is 89.9 Å². The van der Waals surface area contributed by atoms with E-state index in [0.717, 1.165) is 17.1 Å². The van der Waals surface area contributed by atoms with Gasteiger partial charge >= 0.3 is 0 Å². The van der Waals surface area contributed by atoms with Crippen LogP contribution in [0.2, 0.25) is 0 Å². The molecule has 6 nitrogen and oxygen atoms in total. The molecule has 7 heteroatoms. The second kappa shape index (κ2) is 4.26. The molecule has 2 rings (SSSR count). The van der Waals surface area contributed by atoms with E-state index in [2.05, 4.69) is 24.4 Å². The van der Waals surface area contributed by atoms with Crippen molar-refractivity contribution in [2.24, 2.45) is 0 Å². The van der Waals surface area contributed by atoms with Crippen LogP contribution >= 0.6 is 11.5 Å². The van der Waals surface area contributed by atoms with E-state index < -0.39 is 0 Å². The van der Waals surface area contributed by atoms with Gasteiger partial charge in [-0.25, -0.2) is 0 Å². The van der Waals surface area contributed by atoms with Crippen LogP contribution in [0.5, 0.6) is 0 Å². The smallest absolute Gasteiger partial charge is 0.213 e. The molecule has 0 aliphatic heterocycles. The first kappa shape index (κ1) is 9.91. The Morgan fingerprint density at radius 3 is 3.07 bits per heavy atom. The first-order chi connectivity index (χ1) is 7.27. The summed E-state index contributed by atoms with van der Waals surface area (Å²) < 4.78 is 8.67. The maximum absolute atomic E-state index is 5.63. The highest BCUT2D eigenvalue weighted by molar-refractivity contribution is 7.10. The molecule has 0 aromatic carbocycles. The van der Waals surface area contributed by atoms with Gasteiger partial charge in [-0.3, -0.25) is 0 Å². The van der Waals surface area contributed by atoms with Gasteiger partial charge in [-0.2, -0.15) is 9.36 Å². The Morgan fingerprint density at radius 1 is 1.60 bits per heavy atom. The Morgan fingerprint density at radius 2 is 2.47 bits per heavy atom. The summed E-state index contributed by atoms with van der Waals surface area (Å²) in [7, 11) is 0. The Bertz CT molecular complexity index is 424. The Hall–Kier alpha value is -1.63. The van der Waals surface area contributed by atoms with Crippen LogP contribution in [-0.4, -0.2) is 21.1 Å². The molecule has 0 fully saturated rings. The molecule has 2 aromatic heterocycles. The molecule has 0 aliphatic carbocycles. The van der Waals surface area contributed by atoms with Crippen molar-refractivity contribution < 1.29 is 4.52 Å². The summed E-state index contributed by atoms with van der Waals surface area (Å²) in [5.74, 6) is 1.28. The average Bonchev–Trinajstić information content (AvgIpc) is 2.83. The SMILES string of the molecule is Cc1c(N)nsc1NCCc1ncon1. The summed E-state index contributed by atoms with van der Waals surface area (Å²) in [6.45, 7) is 2.68. The molecule has 0 spiro atoms. The molecule has 3 N–H and O–H groups in total. The largest absolute Gasteiger partial charge is 0.383 e. The van der Waals surface area contributed by atoms with E-state index in [0.29, 0.717) is 18.1 Å². The van der Waals surface area contributed by atoms with Gasteiger partial charge in [0.2, 0.25) is 6.39 Å². The van der Waals surface area contributed by atoms with Gasteiger partial charge in [0.25, 0.3) is 0 Å². The molecule has 0 bridgehead atoms. The average molecular weight is 225 g/mol. The summed E-state index contributed by atoms with van der Waals surface area (Å²) in [6, 6.07) is 0. The zero-order valence-electron chi connectivity index (χ0n) is 8.23. The van der Waals surface area contributed by atoms with Crippen molar-refractivity contribution in [3.63, 3.8) is 0 Å². The highest BCUT2D eigenvalue weighted by atomic mass is 32.1. The molecule has 0 saturated carbocycles. The molecule has 2 aromatic rings. The quantitative estimate of drug-likeness (QED) is 0.809. The van der Waals surface area contributed by atoms with E-state index in [1.807, 2.05) is 6.92 Å². The maximum Gasteiger partial charge on any atom is 0.213 e. The molecule has 15 heavy (non-hydrogen) atoms. The van der Waals surface area contributed by atoms with Crippen LogP contribution in [0.4, 0.5) is 10.8 Å². The molecule has 0 unspecified atom stereocenters. The van der Waals surface area contributed by atoms with Crippen molar-refractivity contribution in [1.29, 1.82) is 0 Å². The van der Waals surface area contributed by atoms with E-state index in [1.54, 1.807) is 0 Å². The highest BCUT2D eigenvalue weighted by Crippen LogP contribution is 2.24. The number of aromatic nitrogens is 3. The lowest BCUT2D eigenvalue weighted by atomic mass is 10.3. The van der Waals surface area contributed by atoms with Crippen LogP contribution in [0.15, 0.2) is 10.9 Å². The van der Waals surface area contributed by atoms with Gasteiger partial charge in [0.1, 0.15) is 10.8 Å². The van der Waals surface area contributed by atoms with Gasteiger partial charge < -0.3 is 15.6 Å². The third kappa shape index (κ3) is 2.24. The number of anilines is 2. The number of hydrogen-bond donors (Lipinski definition) is 2. The monoisotopic (exact) mass is 225 g/mol. The van der Waals surface area contributed by atoms with Crippen LogP contribution in [0.1, 0.15) is 11.4 Å². The first-order valence-electron chi connectivity index (χ1n) is 4.48. The van der Waals surface area contributed by atoms with Crippen LogP contribution in [-0.2, 0) is 6.42 Å². The van der Waals surface area contributed by atoms with Crippen molar-refractivity contribution in [2.75, 3.05) is 17.6 Å². The van der Waals surface area contributed by atoms with Crippen molar-refractivity contribution in [1.82, 2.24) is 14.5 Å². The fourth-order valence-corrected chi connectivity index (χ4v) is 1.84. The third-order valence-electron chi connectivity index (χ3n) is 2.00. The number of nitrogens with zero attached hydrogens (tertiary/aromatic N) is 3. The van der Waals surface area contributed by atoms with Crippen LogP contribution in [0, 0.1) is 6.92 Å². The molecule has 0 amide bonds. The number of hydrogen-bond acceptors (Lipinski definition) is 7. The fourth-order valence-electron chi connectivity index (χ4n) is 1.10. The lowest BCUT2D eigenvalue weighted by Gasteiger charge is -2.01. The molecular weight excluding hydrogens is 214 g/mol. The van der Waals surface area contributed by atoms with Crippen molar-refractivity contribution >= 4 is 22.4 Å². The third-order valence-corrected chi connectivity index (χ3v) is 2.92. The van der Waals surface area contributed by atoms with E-state index in [-0.39, 0.29) is 0 Å². The highest BCUT2D eigenvalue weighted by Gasteiger charge is 2.06. The zero-order valence-corrected chi connectivity index (χ0v) is 9.04. The molecule has 0 saturated heterocycles. The fraction of sp³-hybridized carbons (Fsp3) is 0.375. The van der Waals surface area contributed by atoms with Gasteiger partial charge in [0.05, 0.1) is 0 Å². The van der Waals surface area contributed by atoms with Gasteiger partial charge in [-0.05, 0) is 18.5 Å². The number of rotatable bonds is 4. The van der Waals surface area contributed by atoms with Crippen molar-refractivity contribution in [3.05, 3.63) is 17.8 Å². The van der Waals surface area contributed by atoms with Gasteiger partial charge in [-0.1, -0.05) is 5.16 Å². The molecular formula is C8H11N5OS. The zero-order chi connectivity index (χ0) is 10.7. The summed E-state index contributed by atoms with van der Waals surface area (Å²) in [5.41, 5.74) is 6.62. The standard InChI is InChI=1S/C8H11N5OS/c1-5-7(9)13-15-8(5)10-3-2-6-11-4-14-12-6/h4,10H,2-3H2,1H3,(H2,9,13). The second-order valence-electron chi connectivity index (χ2n) is 3.05. The Kier molecular flexibility index (Phi) is 2.82. The minimum atomic E-state index is 0.585. The maximum atomic E-state index is 5.63. The van der Waals surface area contributed by atoms with Gasteiger partial charge in [0, 0.05) is 18.5 Å². The number of nitrogen functional groups attached to an aromatic ring is 1. The van der Waals surface area contributed by atoms with Crippen LogP contribution in [0.3, 0.4) is 0 Å². The van der Waals surface area contributed by atoms with Crippen LogP contribution < -0.4 is 11.1 Å². The number of nitrogens with one attached hydrogen (secondary N) is 1. The van der Waals surface area contributed by atoms with Crippen molar-refractivity contribution in [2.45, 2.75) is 13.3 Å². The van der Waals surface area contributed by atoms with E-state index in [1.165, 1.54) is 17.9 Å². The minimum Gasteiger partial charge on any atom is -0.383 e. The predicted octanol–water partition coefficient (Wildman–Crippen LogP) is 1.07.